The number of hydrogen-bond acceptors (Lipinski definition) is 2. The van der Waals surface area contributed by atoms with Crippen molar-refractivity contribution in [3.63, 3.8) is 0 Å². The van der Waals surface area contributed by atoms with Gasteiger partial charge in [0.15, 0.2) is 0 Å². The molecule has 1 atom stereocenters. The van der Waals surface area contributed by atoms with E-state index in [2.05, 4.69) is 5.32 Å². The SMILES string of the molecule is CSCCC(=O)NC(C)(C)C(C)Cl. The number of carbonyl (C=O) groups excluding carboxylic acids is 1. The average Bonchev–Trinajstić information content (AvgIpc) is 1.99. The molecule has 0 fully saturated rings. The molecule has 0 spiro atoms. The van der Waals surface area contributed by atoms with Gasteiger partial charge >= 0.3 is 0 Å². The summed E-state index contributed by atoms with van der Waals surface area (Å²) >= 11 is 7.60. The Morgan fingerprint density at radius 3 is 2.54 bits per heavy atom. The Morgan fingerprint density at radius 2 is 2.15 bits per heavy atom. The van der Waals surface area contributed by atoms with Crippen molar-refractivity contribution in [1.29, 1.82) is 0 Å². The lowest BCUT2D eigenvalue weighted by molar-refractivity contribution is -0.122. The van der Waals surface area contributed by atoms with Gasteiger partial charge in [-0.1, -0.05) is 0 Å². The van der Waals surface area contributed by atoms with Gasteiger partial charge in [-0.2, -0.15) is 11.8 Å². The molecule has 1 unspecified atom stereocenters. The van der Waals surface area contributed by atoms with Crippen molar-refractivity contribution >= 4 is 29.3 Å². The Labute approximate surface area is 89.8 Å². The maximum Gasteiger partial charge on any atom is 0.221 e. The van der Waals surface area contributed by atoms with E-state index in [9.17, 15) is 4.79 Å². The summed E-state index contributed by atoms with van der Waals surface area (Å²) in [6, 6.07) is 0. The summed E-state index contributed by atoms with van der Waals surface area (Å²) in [4.78, 5) is 11.3. The average molecular weight is 224 g/mol. The Kier molecular flexibility index (Phi) is 5.81. The third kappa shape index (κ3) is 5.42. The van der Waals surface area contributed by atoms with Crippen molar-refractivity contribution in [3.05, 3.63) is 0 Å². The maximum atomic E-state index is 11.3. The molecule has 0 saturated heterocycles. The Morgan fingerprint density at radius 1 is 1.62 bits per heavy atom. The van der Waals surface area contributed by atoms with Gasteiger partial charge in [0, 0.05) is 12.2 Å². The minimum absolute atomic E-state index is 0.0641. The van der Waals surface area contributed by atoms with E-state index in [4.69, 9.17) is 11.6 Å². The van der Waals surface area contributed by atoms with Crippen molar-refractivity contribution in [3.8, 4) is 0 Å². The quantitative estimate of drug-likeness (QED) is 0.725. The van der Waals surface area contributed by atoms with E-state index in [1.165, 1.54) is 0 Å². The van der Waals surface area contributed by atoms with Gasteiger partial charge in [0.25, 0.3) is 0 Å². The highest BCUT2D eigenvalue weighted by Crippen LogP contribution is 2.14. The monoisotopic (exact) mass is 223 g/mol. The fourth-order valence-corrected chi connectivity index (χ4v) is 1.16. The highest BCUT2D eigenvalue weighted by Gasteiger charge is 2.25. The number of rotatable bonds is 5. The molecule has 0 aliphatic rings. The summed E-state index contributed by atoms with van der Waals surface area (Å²) in [7, 11) is 0. The van der Waals surface area contributed by atoms with E-state index in [1.807, 2.05) is 27.0 Å². The number of thioether (sulfide) groups is 1. The van der Waals surface area contributed by atoms with Crippen LogP contribution >= 0.6 is 23.4 Å². The van der Waals surface area contributed by atoms with Crippen LogP contribution in [-0.4, -0.2) is 28.8 Å². The summed E-state index contributed by atoms with van der Waals surface area (Å²) in [6.45, 7) is 5.75. The zero-order valence-electron chi connectivity index (χ0n) is 8.69. The predicted molar refractivity (Wildman–Crippen MR) is 60.5 cm³/mol. The largest absolute Gasteiger partial charge is 0.350 e. The van der Waals surface area contributed by atoms with Crippen LogP contribution in [0.3, 0.4) is 0 Å². The molecule has 0 aliphatic heterocycles. The molecule has 0 radical (unpaired) electrons. The van der Waals surface area contributed by atoms with E-state index in [0.29, 0.717) is 6.42 Å². The van der Waals surface area contributed by atoms with E-state index < -0.39 is 0 Å². The van der Waals surface area contributed by atoms with Gasteiger partial charge < -0.3 is 5.32 Å². The van der Waals surface area contributed by atoms with Crippen LogP contribution in [0.4, 0.5) is 0 Å². The second kappa shape index (κ2) is 5.76. The topological polar surface area (TPSA) is 29.1 Å². The van der Waals surface area contributed by atoms with Gasteiger partial charge in [-0.25, -0.2) is 0 Å². The summed E-state index contributed by atoms with van der Waals surface area (Å²) in [5.74, 6) is 0.935. The van der Waals surface area contributed by atoms with Crippen LogP contribution in [0.15, 0.2) is 0 Å². The maximum absolute atomic E-state index is 11.3. The van der Waals surface area contributed by atoms with Gasteiger partial charge in [-0.3, -0.25) is 4.79 Å². The summed E-state index contributed by atoms with van der Waals surface area (Å²) in [5.41, 5.74) is -0.322. The van der Waals surface area contributed by atoms with E-state index >= 15 is 0 Å². The molecular formula is C9H18ClNOS. The van der Waals surface area contributed by atoms with Crippen LogP contribution in [0.1, 0.15) is 27.2 Å². The molecule has 2 nitrogen and oxygen atoms in total. The van der Waals surface area contributed by atoms with Crippen LogP contribution in [0.2, 0.25) is 0 Å². The molecular weight excluding hydrogens is 206 g/mol. The van der Waals surface area contributed by atoms with E-state index in [0.717, 1.165) is 5.75 Å². The lowest BCUT2D eigenvalue weighted by Gasteiger charge is -2.28. The standard InChI is InChI=1S/C9H18ClNOS/c1-7(10)9(2,3)11-8(12)5-6-13-4/h7H,5-6H2,1-4H3,(H,11,12). The summed E-state index contributed by atoms with van der Waals surface area (Å²) < 4.78 is 0. The minimum Gasteiger partial charge on any atom is -0.350 e. The first-order valence-electron chi connectivity index (χ1n) is 4.34. The molecule has 13 heavy (non-hydrogen) atoms. The van der Waals surface area contributed by atoms with Crippen molar-refractivity contribution in [2.45, 2.75) is 38.1 Å². The minimum atomic E-state index is -0.322. The Hall–Kier alpha value is 0.110. The molecule has 0 heterocycles. The Bertz CT molecular complexity index is 171. The zero-order valence-corrected chi connectivity index (χ0v) is 10.3. The molecule has 0 aliphatic carbocycles. The molecule has 0 bridgehead atoms. The van der Waals surface area contributed by atoms with Crippen LogP contribution in [0.25, 0.3) is 0 Å². The normalized spacial score (nSPS) is 13.9. The lowest BCUT2D eigenvalue weighted by atomic mass is 10.0. The van der Waals surface area contributed by atoms with Crippen molar-refractivity contribution < 1.29 is 4.79 Å². The first kappa shape index (κ1) is 13.1. The van der Waals surface area contributed by atoms with Crippen molar-refractivity contribution in [1.82, 2.24) is 5.32 Å². The number of nitrogens with one attached hydrogen (secondary N) is 1. The van der Waals surface area contributed by atoms with Gasteiger partial charge in [-0.05, 0) is 27.0 Å². The number of carbonyl (C=O) groups is 1. The van der Waals surface area contributed by atoms with Crippen molar-refractivity contribution in [2.24, 2.45) is 0 Å². The molecule has 0 rings (SSSR count). The van der Waals surface area contributed by atoms with Crippen LogP contribution in [0.5, 0.6) is 0 Å². The van der Waals surface area contributed by atoms with Crippen molar-refractivity contribution in [2.75, 3.05) is 12.0 Å². The van der Waals surface area contributed by atoms with Gasteiger partial charge in [0.2, 0.25) is 5.91 Å². The van der Waals surface area contributed by atoms with E-state index in [1.54, 1.807) is 11.8 Å². The van der Waals surface area contributed by atoms with E-state index in [-0.39, 0.29) is 16.8 Å². The predicted octanol–water partition coefficient (Wildman–Crippen LogP) is 2.26. The third-order valence-corrected chi connectivity index (χ3v) is 3.15. The van der Waals surface area contributed by atoms with Crippen LogP contribution in [-0.2, 0) is 4.79 Å². The molecule has 4 heteroatoms. The molecule has 1 amide bonds. The third-order valence-electron chi connectivity index (χ3n) is 1.99. The zero-order chi connectivity index (χ0) is 10.5. The molecule has 78 valence electrons. The smallest absolute Gasteiger partial charge is 0.221 e. The first-order valence-corrected chi connectivity index (χ1v) is 6.17. The highest BCUT2D eigenvalue weighted by atomic mass is 35.5. The molecule has 0 saturated carbocycles. The summed E-state index contributed by atoms with van der Waals surface area (Å²) in [5, 5.41) is 2.84. The molecule has 0 aromatic carbocycles. The number of alkyl halides is 1. The number of amides is 1. The highest BCUT2D eigenvalue weighted by molar-refractivity contribution is 7.98. The first-order chi connectivity index (χ1) is 5.90. The second-order valence-electron chi connectivity index (χ2n) is 3.63. The Balaban J connectivity index is 3.90. The molecule has 0 aromatic heterocycles. The fourth-order valence-electron chi connectivity index (χ4n) is 0.716. The van der Waals surface area contributed by atoms with Gasteiger partial charge in [0.05, 0.1) is 10.9 Å². The van der Waals surface area contributed by atoms with Gasteiger partial charge in [-0.15, -0.1) is 11.6 Å². The number of halogens is 1. The summed E-state index contributed by atoms with van der Waals surface area (Å²) in [6.07, 6.45) is 2.55. The van der Waals surface area contributed by atoms with Crippen LogP contribution in [0, 0.1) is 0 Å². The second-order valence-corrected chi connectivity index (χ2v) is 5.27. The molecule has 1 N–H and O–H groups in total. The fraction of sp³-hybridized carbons (Fsp3) is 0.889. The lowest BCUT2D eigenvalue weighted by Crippen LogP contribution is -2.49. The molecule has 0 aromatic rings. The van der Waals surface area contributed by atoms with Crippen LogP contribution < -0.4 is 5.32 Å². The van der Waals surface area contributed by atoms with Gasteiger partial charge in [0.1, 0.15) is 0 Å². The number of hydrogen-bond donors (Lipinski definition) is 1.